The minimum absolute atomic E-state index is 1.08. The van der Waals surface area contributed by atoms with Gasteiger partial charge in [-0.05, 0) is 6.42 Å². The van der Waals surface area contributed by atoms with Crippen LogP contribution in [-0.2, 0) is 31.0 Å². The zero-order chi connectivity index (χ0) is 13.5. The molecule has 0 unspecified atom stereocenters. The fraction of sp³-hybridized carbons (Fsp3) is 0.500. The zero-order valence-corrected chi connectivity index (χ0v) is 10.4. The van der Waals surface area contributed by atoms with Gasteiger partial charge in [0.2, 0.25) is 0 Å². The number of hydrogen-bond donors (Lipinski definition) is 2. The summed E-state index contributed by atoms with van der Waals surface area (Å²) < 4.78 is 57.6. The molecule has 11 heteroatoms. The van der Waals surface area contributed by atoms with Crippen LogP contribution in [0.2, 0.25) is 0 Å². The van der Waals surface area contributed by atoms with E-state index in [-0.39, 0.29) is 0 Å². The van der Waals surface area contributed by atoms with Gasteiger partial charge in [-0.1, -0.05) is 6.92 Å². The SMILES string of the molecule is CCCn1ccnc1.O=S(=O)(O)OS(=O)(=O)O. The highest BCUT2D eigenvalue weighted by Crippen LogP contribution is 1.91. The molecule has 0 amide bonds. The predicted octanol–water partition coefficient (Wildman–Crippen LogP) is -0.0983. The molecule has 0 atom stereocenters. The summed E-state index contributed by atoms with van der Waals surface area (Å²) >= 11 is 0. The highest BCUT2D eigenvalue weighted by atomic mass is 32.3. The normalized spacial score (nSPS) is 11.7. The lowest BCUT2D eigenvalue weighted by molar-refractivity contribution is 0.344. The molecule has 0 aromatic carbocycles. The second kappa shape index (κ2) is 6.66. The molecule has 0 bridgehead atoms. The summed E-state index contributed by atoms with van der Waals surface area (Å²) in [6, 6.07) is 0. The van der Waals surface area contributed by atoms with Crippen LogP contribution in [-0.4, -0.2) is 35.5 Å². The van der Waals surface area contributed by atoms with Crippen LogP contribution in [0.25, 0.3) is 0 Å². The van der Waals surface area contributed by atoms with Crippen molar-refractivity contribution in [3.63, 3.8) is 0 Å². The van der Waals surface area contributed by atoms with E-state index in [1.165, 1.54) is 6.42 Å². The first-order chi connectivity index (χ1) is 7.64. The summed E-state index contributed by atoms with van der Waals surface area (Å²) in [5.41, 5.74) is 0. The molecule has 9 nitrogen and oxygen atoms in total. The fourth-order valence-electron chi connectivity index (χ4n) is 0.786. The average molecular weight is 288 g/mol. The largest absolute Gasteiger partial charge is 0.413 e. The molecule has 0 saturated heterocycles. The lowest BCUT2D eigenvalue weighted by atomic mass is 10.5. The molecule has 0 aliphatic rings. The molecule has 1 heterocycles. The summed E-state index contributed by atoms with van der Waals surface area (Å²) in [5, 5.41) is 0. The van der Waals surface area contributed by atoms with E-state index in [0.29, 0.717) is 0 Å². The van der Waals surface area contributed by atoms with E-state index in [9.17, 15) is 16.8 Å². The van der Waals surface area contributed by atoms with Crippen molar-refractivity contribution in [2.24, 2.45) is 0 Å². The topological polar surface area (TPSA) is 136 Å². The van der Waals surface area contributed by atoms with Gasteiger partial charge in [0.1, 0.15) is 0 Å². The van der Waals surface area contributed by atoms with Crippen LogP contribution in [0.4, 0.5) is 0 Å². The van der Waals surface area contributed by atoms with E-state index in [2.05, 4.69) is 20.1 Å². The third kappa shape index (κ3) is 11.3. The van der Waals surface area contributed by atoms with Crippen LogP contribution in [0.5, 0.6) is 0 Å². The molecule has 17 heavy (non-hydrogen) atoms. The zero-order valence-electron chi connectivity index (χ0n) is 8.79. The van der Waals surface area contributed by atoms with Gasteiger partial charge in [-0.3, -0.25) is 9.11 Å². The van der Waals surface area contributed by atoms with Crippen molar-refractivity contribution in [3.8, 4) is 0 Å². The lowest BCUT2D eigenvalue weighted by Crippen LogP contribution is -2.10. The van der Waals surface area contributed by atoms with Crippen molar-refractivity contribution < 1.29 is 29.6 Å². The van der Waals surface area contributed by atoms with E-state index in [1.807, 2.05) is 12.5 Å². The summed E-state index contributed by atoms with van der Waals surface area (Å²) in [6.07, 6.45) is 6.79. The van der Waals surface area contributed by atoms with Gasteiger partial charge in [0.15, 0.2) is 0 Å². The first-order valence-electron chi connectivity index (χ1n) is 4.25. The Bertz CT molecular complexity index is 475. The average Bonchev–Trinajstić information content (AvgIpc) is 2.51. The number of aryl methyl sites for hydroxylation is 1. The molecular weight excluding hydrogens is 276 g/mol. The third-order valence-corrected chi connectivity index (χ3v) is 2.59. The van der Waals surface area contributed by atoms with Gasteiger partial charge in [0.05, 0.1) is 6.33 Å². The van der Waals surface area contributed by atoms with Gasteiger partial charge in [-0.15, -0.1) is 3.63 Å². The lowest BCUT2D eigenvalue weighted by Gasteiger charge is -1.93. The first-order valence-corrected chi connectivity index (χ1v) is 6.98. The highest BCUT2D eigenvalue weighted by Gasteiger charge is 2.15. The van der Waals surface area contributed by atoms with Crippen LogP contribution < -0.4 is 0 Å². The number of imidazole rings is 1. The van der Waals surface area contributed by atoms with Crippen molar-refractivity contribution in [3.05, 3.63) is 18.7 Å². The molecule has 0 aliphatic heterocycles. The van der Waals surface area contributed by atoms with Crippen LogP contribution in [0.1, 0.15) is 13.3 Å². The Labute approximate surface area is 99.0 Å². The van der Waals surface area contributed by atoms with E-state index in [4.69, 9.17) is 9.11 Å². The first kappa shape index (κ1) is 16.0. The van der Waals surface area contributed by atoms with Crippen LogP contribution in [0.15, 0.2) is 18.7 Å². The maximum Gasteiger partial charge on any atom is 0.413 e. The molecule has 0 spiro atoms. The van der Waals surface area contributed by atoms with E-state index < -0.39 is 20.8 Å². The fourth-order valence-corrected chi connectivity index (χ4v) is 1.66. The Morgan fingerprint density at radius 3 is 2.00 bits per heavy atom. The molecule has 0 fully saturated rings. The molecule has 0 aliphatic carbocycles. The molecule has 1 aromatic rings. The molecule has 0 radical (unpaired) electrons. The van der Waals surface area contributed by atoms with Gasteiger partial charge in [-0.2, -0.15) is 16.8 Å². The second-order valence-corrected chi connectivity index (χ2v) is 4.98. The van der Waals surface area contributed by atoms with Crippen molar-refractivity contribution in [1.29, 1.82) is 0 Å². The van der Waals surface area contributed by atoms with E-state index >= 15 is 0 Å². The van der Waals surface area contributed by atoms with Crippen molar-refractivity contribution in [1.82, 2.24) is 9.55 Å². The van der Waals surface area contributed by atoms with Gasteiger partial charge in [-0.25, -0.2) is 4.98 Å². The summed E-state index contributed by atoms with van der Waals surface area (Å²) in [6.45, 7) is 3.24. The third-order valence-electron chi connectivity index (χ3n) is 1.21. The number of rotatable bonds is 4. The number of aromatic nitrogens is 2. The van der Waals surface area contributed by atoms with Crippen LogP contribution in [0.3, 0.4) is 0 Å². The smallest absolute Gasteiger partial charge is 0.338 e. The summed E-state index contributed by atoms with van der Waals surface area (Å²) in [5.74, 6) is 0. The minimum atomic E-state index is -5.12. The Morgan fingerprint density at radius 1 is 1.24 bits per heavy atom. The van der Waals surface area contributed by atoms with Crippen molar-refractivity contribution in [2.75, 3.05) is 0 Å². The standard InChI is InChI=1S/C6H10N2.H2O7S2/c1-2-4-8-5-3-7-6-8;1-8(2,3)7-9(4,5)6/h3,5-6H,2,4H2,1H3;(H,1,2,3)(H,4,5,6). The summed E-state index contributed by atoms with van der Waals surface area (Å²) in [4.78, 5) is 3.90. The predicted molar refractivity (Wildman–Crippen MR) is 56.7 cm³/mol. The molecule has 1 aromatic heterocycles. The van der Waals surface area contributed by atoms with E-state index in [1.54, 1.807) is 6.20 Å². The van der Waals surface area contributed by atoms with Crippen molar-refractivity contribution in [2.45, 2.75) is 19.9 Å². The molecule has 2 N–H and O–H groups in total. The van der Waals surface area contributed by atoms with Crippen LogP contribution in [0, 0.1) is 0 Å². The maximum atomic E-state index is 9.44. The van der Waals surface area contributed by atoms with Gasteiger partial charge >= 0.3 is 20.8 Å². The Balaban J connectivity index is 0.000000302. The second-order valence-electron chi connectivity index (χ2n) is 2.72. The van der Waals surface area contributed by atoms with Gasteiger partial charge < -0.3 is 4.57 Å². The Morgan fingerprint density at radius 2 is 1.76 bits per heavy atom. The highest BCUT2D eigenvalue weighted by molar-refractivity contribution is 7.94. The number of hydrogen-bond acceptors (Lipinski definition) is 6. The number of nitrogens with zero attached hydrogens (tertiary/aromatic N) is 2. The molecule has 1 rings (SSSR count). The van der Waals surface area contributed by atoms with Crippen molar-refractivity contribution >= 4 is 20.8 Å². The van der Waals surface area contributed by atoms with Gasteiger partial charge in [0, 0.05) is 18.9 Å². The minimum Gasteiger partial charge on any atom is -0.338 e. The quantitative estimate of drug-likeness (QED) is 0.733. The van der Waals surface area contributed by atoms with Crippen LogP contribution >= 0.6 is 0 Å². The van der Waals surface area contributed by atoms with E-state index in [0.717, 1.165) is 6.54 Å². The Kier molecular flexibility index (Phi) is 6.26. The van der Waals surface area contributed by atoms with Gasteiger partial charge in [0.25, 0.3) is 0 Å². The monoisotopic (exact) mass is 288 g/mol. The molecule has 0 saturated carbocycles. The Hall–Kier alpha value is -1.01. The maximum absolute atomic E-state index is 9.44. The summed E-state index contributed by atoms with van der Waals surface area (Å²) in [7, 11) is -10.2. The molecule has 100 valence electrons. The molecular formula is C6H12N2O7S2.